The van der Waals surface area contributed by atoms with Crippen LogP contribution in [0.25, 0.3) is 10.9 Å². The SMILES string of the molecule is [B]C(Nc1cc(Cl)c2ncc(C#N)c(NC(CCC#N)c3ccccc3)c2c1)(c1ccc(F)cc1)c1cn(C2CC2)nn1. The smallest absolute Gasteiger partial charge is 0.123 e. The molecule has 0 bridgehead atoms. The zero-order chi connectivity index (χ0) is 30.0. The van der Waals surface area contributed by atoms with Crippen molar-refractivity contribution in [2.45, 2.75) is 43.2 Å². The predicted octanol–water partition coefficient (Wildman–Crippen LogP) is 6.76. The highest BCUT2D eigenvalue weighted by molar-refractivity contribution is 6.36. The molecule has 3 aromatic carbocycles. The Kier molecular flexibility index (Phi) is 7.71. The number of halogens is 2. The highest BCUT2D eigenvalue weighted by atomic mass is 35.5. The predicted molar refractivity (Wildman–Crippen MR) is 164 cm³/mol. The third kappa shape index (κ3) is 5.75. The minimum Gasteiger partial charge on any atom is -0.378 e. The van der Waals surface area contributed by atoms with Crippen molar-refractivity contribution in [1.82, 2.24) is 20.0 Å². The van der Waals surface area contributed by atoms with Gasteiger partial charge in [0.05, 0.1) is 51.6 Å². The minimum absolute atomic E-state index is 0.251. The summed E-state index contributed by atoms with van der Waals surface area (Å²) in [6, 6.07) is 23.6. The summed E-state index contributed by atoms with van der Waals surface area (Å²) in [7, 11) is 7.05. The Hall–Kier alpha value is -4.93. The van der Waals surface area contributed by atoms with Crippen LogP contribution in [0.2, 0.25) is 5.02 Å². The zero-order valence-electron chi connectivity index (χ0n) is 23.0. The van der Waals surface area contributed by atoms with Crippen molar-refractivity contribution in [2.75, 3.05) is 10.6 Å². The fourth-order valence-electron chi connectivity index (χ4n) is 5.16. The molecule has 2 unspecified atom stereocenters. The maximum atomic E-state index is 13.9. The van der Waals surface area contributed by atoms with Gasteiger partial charge in [0.15, 0.2) is 0 Å². The van der Waals surface area contributed by atoms with Crippen molar-refractivity contribution < 1.29 is 4.39 Å². The van der Waals surface area contributed by atoms with Gasteiger partial charge in [0, 0.05) is 23.7 Å². The fraction of sp³-hybridized carbons (Fsp3) is 0.219. The lowest BCUT2D eigenvalue weighted by Crippen LogP contribution is -2.37. The van der Waals surface area contributed by atoms with Crippen molar-refractivity contribution in [3.63, 3.8) is 0 Å². The number of pyridine rings is 1. The lowest BCUT2D eigenvalue weighted by molar-refractivity contribution is 0.610. The molecule has 2 heterocycles. The van der Waals surface area contributed by atoms with E-state index < -0.39 is 11.3 Å². The molecule has 2 aromatic heterocycles. The topological polar surface area (TPSA) is 115 Å². The van der Waals surface area contributed by atoms with Crippen LogP contribution in [0.15, 0.2) is 79.1 Å². The van der Waals surface area contributed by atoms with Crippen LogP contribution in [0.5, 0.6) is 0 Å². The van der Waals surface area contributed by atoms with Crippen LogP contribution in [-0.4, -0.2) is 27.8 Å². The number of anilines is 2. The van der Waals surface area contributed by atoms with E-state index in [9.17, 15) is 14.9 Å². The van der Waals surface area contributed by atoms with Gasteiger partial charge in [-0.05, 0) is 54.7 Å². The molecule has 5 aromatic rings. The van der Waals surface area contributed by atoms with Gasteiger partial charge in [0.1, 0.15) is 25.4 Å². The molecule has 1 fully saturated rings. The fourth-order valence-corrected chi connectivity index (χ4v) is 5.43. The summed E-state index contributed by atoms with van der Waals surface area (Å²) in [6.07, 6.45) is 6.17. The van der Waals surface area contributed by atoms with Crippen LogP contribution >= 0.6 is 11.6 Å². The van der Waals surface area contributed by atoms with Crippen LogP contribution < -0.4 is 10.6 Å². The highest BCUT2D eigenvalue weighted by Gasteiger charge is 2.34. The van der Waals surface area contributed by atoms with Gasteiger partial charge in [-0.3, -0.25) is 4.98 Å². The first-order chi connectivity index (χ1) is 20.9. The molecule has 2 radical (unpaired) electrons. The third-order valence-corrected chi connectivity index (χ3v) is 7.88. The van der Waals surface area contributed by atoms with E-state index in [1.807, 2.05) is 36.4 Å². The number of nitrogens with one attached hydrogen (secondary N) is 2. The molecular weight excluding hydrogens is 562 g/mol. The molecule has 1 aliphatic carbocycles. The van der Waals surface area contributed by atoms with Crippen LogP contribution in [0.3, 0.4) is 0 Å². The van der Waals surface area contributed by atoms with E-state index in [1.54, 1.807) is 29.1 Å². The zero-order valence-corrected chi connectivity index (χ0v) is 23.8. The Morgan fingerprint density at radius 1 is 1.12 bits per heavy atom. The molecule has 0 aliphatic heterocycles. The van der Waals surface area contributed by atoms with Gasteiger partial charge < -0.3 is 10.6 Å². The van der Waals surface area contributed by atoms with Crippen molar-refractivity contribution in [3.8, 4) is 12.1 Å². The molecule has 6 rings (SSSR count). The summed E-state index contributed by atoms with van der Waals surface area (Å²) in [4.78, 5) is 4.47. The quantitative estimate of drug-likeness (QED) is 0.174. The molecular formula is C32H25BClFN8. The van der Waals surface area contributed by atoms with Crippen molar-refractivity contribution in [1.29, 1.82) is 10.5 Å². The van der Waals surface area contributed by atoms with Gasteiger partial charge in [-0.25, -0.2) is 9.07 Å². The normalized spacial score (nSPS) is 14.8. The molecule has 8 nitrogen and oxygen atoms in total. The first-order valence-electron chi connectivity index (χ1n) is 13.9. The van der Waals surface area contributed by atoms with Gasteiger partial charge in [0.2, 0.25) is 0 Å². The number of nitriles is 2. The lowest BCUT2D eigenvalue weighted by atomic mass is 9.69. The maximum Gasteiger partial charge on any atom is 0.123 e. The first-order valence-corrected chi connectivity index (χ1v) is 14.2. The molecule has 0 amide bonds. The van der Waals surface area contributed by atoms with Crippen LogP contribution in [0, 0.1) is 28.5 Å². The number of hydrogen-bond acceptors (Lipinski definition) is 7. The van der Waals surface area contributed by atoms with E-state index in [0.29, 0.717) is 57.0 Å². The molecule has 43 heavy (non-hydrogen) atoms. The molecule has 1 saturated carbocycles. The number of hydrogen-bond donors (Lipinski definition) is 2. The Bertz CT molecular complexity index is 1860. The Morgan fingerprint density at radius 3 is 2.58 bits per heavy atom. The average molecular weight is 587 g/mol. The van der Waals surface area contributed by atoms with E-state index >= 15 is 0 Å². The van der Waals surface area contributed by atoms with Crippen molar-refractivity contribution >= 4 is 41.7 Å². The van der Waals surface area contributed by atoms with E-state index in [-0.39, 0.29) is 12.1 Å². The number of fused-ring (bicyclic) bond motifs is 1. The second-order valence-corrected chi connectivity index (χ2v) is 11.0. The van der Waals surface area contributed by atoms with E-state index in [0.717, 1.165) is 18.4 Å². The van der Waals surface area contributed by atoms with E-state index in [2.05, 4.69) is 38.1 Å². The average Bonchev–Trinajstić information content (AvgIpc) is 3.75. The van der Waals surface area contributed by atoms with Crippen molar-refractivity contribution in [3.05, 3.63) is 112 Å². The molecule has 210 valence electrons. The number of benzene rings is 3. The molecule has 2 N–H and O–H groups in total. The molecule has 0 spiro atoms. The van der Waals surface area contributed by atoms with E-state index in [1.165, 1.54) is 18.3 Å². The number of rotatable bonds is 10. The van der Waals surface area contributed by atoms with Gasteiger partial charge >= 0.3 is 0 Å². The molecule has 11 heteroatoms. The number of nitrogens with zero attached hydrogens (tertiary/aromatic N) is 6. The highest BCUT2D eigenvalue weighted by Crippen LogP contribution is 2.39. The molecule has 2 atom stereocenters. The summed E-state index contributed by atoms with van der Waals surface area (Å²) in [5, 5.41) is 35.8. The Balaban J connectivity index is 1.45. The lowest BCUT2D eigenvalue weighted by Gasteiger charge is -2.32. The van der Waals surface area contributed by atoms with Crippen LogP contribution in [0.4, 0.5) is 15.8 Å². The molecule has 0 saturated heterocycles. The second-order valence-electron chi connectivity index (χ2n) is 10.6. The van der Waals surface area contributed by atoms with Gasteiger partial charge in [-0.15, -0.1) is 5.10 Å². The van der Waals surface area contributed by atoms with Gasteiger partial charge in [-0.2, -0.15) is 10.5 Å². The second kappa shape index (κ2) is 11.8. The van der Waals surface area contributed by atoms with Crippen LogP contribution in [0.1, 0.15) is 60.2 Å². The summed E-state index contributed by atoms with van der Waals surface area (Å²) in [5.74, 6) is -0.392. The standard InChI is InChI=1S/C32H25BClFN8/c33-32(22-8-10-23(35)11-9-22,29-19-43(42-41-29)25-12-13-25)40-24-15-26-30(21(17-37)18-38-31(26)27(34)16-24)39-28(7-4-14-36)20-5-2-1-3-6-20/h1-3,5-6,8-11,15-16,18-19,25,28,40H,4,7,12-13H2,(H,38,39). The largest absolute Gasteiger partial charge is 0.378 e. The molecule has 1 aliphatic rings. The van der Waals surface area contributed by atoms with Crippen LogP contribution in [-0.2, 0) is 5.44 Å². The minimum atomic E-state index is -1.40. The summed E-state index contributed by atoms with van der Waals surface area (Å²) >= 11 is 6.78. The first kappa shape index (κ1) is 28.2. The summed E-state index contributed by atoms with van der Waals surface area (Å²) in [6.45, 7) is 0. The Labute approximate surface area is 254 Å². The van der Waals surface area contributed by atoms with Crippen molar-refractivity contribution in [2.24, 2.45) is 0 Å². The maximum absolute atomic E-state index is 13.9. The summed E-state index contributed by atoms with van der Waals surface area (Å²) in [5.41, 5.74) is 2.47. The number of aromatic nitrogens is 4. The van der Waals surface area contributed by atoms with E-state index in [4.69, 9.17) is 19.4 Å². The monoisotopic (exact) mass is 586 g/mol. The Morgan fingerprint density at radius 2 is 1.88 bits per heavy atom. The third-order valence-electron chi connectivity index (χ3n) is 7.59. The van der Waals surface area contributed by atoms with Gasteiger partial charge in [-0.1, -0.05) is 59.3 Å². The summed E-state index contributed by atoms with van der Waals surface area (Å²) < 4.78 is 15.7. The van der Waals surface area contributed by atoms with Gasteiger partial charge in [0.25, 0.3) is 0 Å².